The van der Waals surface area contributed by atoms with Crippen molar-refractivity contribution < 1.29 is 9.53 Å². The lowest BCUT2D eigenvalue weighted by Gasteiger charge is -2.10. The predicted octanol–water partition coefficient (Wildman–Crippen LogP) is 3.70. The quantitative estimate of drug-likeness (QED) is 0.292. The number of amidine groups is 1. The van der Waals surface area contributed by atoms with E-state index < -0.39 is 0 Å². The van der Waals surface area contributed by atoms with Crippen molar-refractivity contribution in [2.45, 2.75) is 6.42 Å². The molecule has 0 aliphatic carbocycles. The van der Waals surface area contributed by atoms with Crippen LogP contribution in [0, 0.1) is 5.41 Å². The average molecular weight is 399 g/mol. The fourth-order valence-corrected chi connectivity index (χ4v) is 3.30. The van der Waals surface area contributed by atoms with Gasteiger partial charge < -0.3 is 20.8 Å². The van der Waals surface area contributed by atoms with Gasteiger partial charge in [-0.15, -0.1) is 0 Å². The molecule has 0 spiro atoms. The van der Waals surface area contributed by atoms with E-state index in [4.69, 9.17) is 15.9 Å². The maximum absolute atomic E-state index is 12.9. The van der Waals surface area contributed by atoms with Crippen LogP contribution in [0.3, 0.4) is 0 Å². The van der Waals surface area contributed by atoms with E-state index in [0.717, 1.165) is 22.0 Å². The molecular weight excluding hydrogens is 378 g/mol. The molecule has 0 aliphatic heterocycles. The third-order valence-corrected chi connectivity index (χ3v) is 4.81. The van der Waals surface area contributed by atoms with Gasteiger partial charge in [0.1, 0.15) is 11.6 Å². The second-order valence-corrected chi connectivity index (χ2v) is 6.95. The van der Waals surface area contributed by atoms with E-state index in [1.54, 1.807) is 25.6 Å². The van der Waals surface area contributed by atoms with Crippen LogP contribution in [0.2, 0.25) is 0 Å². The van der Waals surface area contributed by atoms with Gasteiger partial charge in [0, 0.05) is 29.4 Å². The molecule has 0 unspecified atom stereocenters. The van der Waals surface area contributed by atoms with Crippen molar-refractivity contribution in [3.63, 3.8) is 0 Å². The third kappa shape index (κ3) is 4.15. The lowest BCUT2D eigenvalue weighted by molar-refractivity contribution is 0.102. The van der Waals surface area contributed by atoms with Crippen LogP contribution in [-0.4, -0.2) is 28.8 Å². The Kier molecular flexibility index (Phi) is 5.17. The second-order valence-electron chi connectivity index (χ2n) is 6.95. The SMILES string of the molecule is COc1cc(Cc2c[nH]cn2)cc(C(=O)Nc2ccc3cc(C(=N)N)ccc3c2)c1. The Morgan fingerprint density at radius 1 is 1.10 bits per heavy atom. The zero-order valence-corrected chi connectivity index (χ0v) is 16.4. The van der Waals surface area contributed by atoms with Gasteiger partial charge in [-0.2, -0.15) is 0 Å². The van der Waals surface area contributed by atoms with Crippen LogP contribution in [0.25, 0.3) is 10.8 Å². The molecule has 30 heavy (non-hydrogen) atoms. The lowest BCUT2D eigenvalue weighted by atomic mass is 10.0. The normalized spacial score (nSPS) is 10.7. The molecule has 1 amide bonds. The van der Waals surface area contributed by atoms with Crippen molar-refractivity contribution in [3.05, 3.63) is 89.5 Å². The summed E-state index contributed by atoms with van der Waals surface area (Å²) < 4.78 is 5.37. The summed E-state index contributed by atoms with van der Waals surface area (Å²) >= 11 is 0. The zero-order chi connectivity index (χ0) is 21.1. The number of H-pyrrole nitrogens is 1. The number of nitrogen functional groups attached to an aromatic ring is 1. The van der Waals surface area contributed by atoms with Gasteiger partial charge in [-0.05, 0) is 52.7 Å². The van der Waals surface area contributed by atoms with Gasteiger partial charge in [0.05, 0.1) is 19.1 Å². The van der Waals surface area contributed by atoms with Crippen molar-refractivity contribution in [1.82, 2.24) is 9.97 Å². The molecule has 0 aliphatic rings. The summed E-state index contributed by atoms with van der Waals surface area (Å²) in [6, 6.07) is 16.6. The number of anilines is 1. The van der Waals surface area contributed by atoms with Gasteiger partial charge in [0.25, 0.3) is 5.91 Å². The molecule has 0 saturated heterocycles. The fraction of sp³-hybridized carbons (Fsp3) is 0.0870. The predicted molar refractivity (Wildman–Crippen MR) is 117 cm³/mol. The van der Waals surface area contributed by atoms with Gasteiger partial charge in [0.15, 0.2) is 0 Å². The number of ether oxygens (including phenoxy) is 1. The first kappa shape index (κ1) is 19.2. The molecule has 0 fully saturated rings. The van der Waals surface area contributed by atoms with Crippen LogP contribution in [0.5, 0.6) is 5.75 Å². The van der Waals surface area contributed by atoms with Crippen molar-refractivity contribution in [1.29, 1.82) is 5.41 Å². The smallest absolute Gasteiger partial charge is 0.255 e. The Bertz CT molecular complexity index is 1230. The maximum atomic E-state index is 12.9. The minimum Gasteiger partial charge on any atom is -0.497 e. The van der Waals surface area contributed by atoms with E-state index in [9.17, 15) is 4.79 Å². The number of hydrogen-bond acceptors (Lipinski definition) is 4. The van der Waals surface area contributed by atoms with Gasteiger partial charge in [-0.25, -0.2) is 4.98 Å². The van der Waals surface area contributed by atoms with Gasteiger partial charge in [-0.1, -0.05) is 18.2 Å². The highest BCUT2D eigenvalue weighted by Gasteiger charge is 2.11. The number of rotatable bonds is 6. The number of carbonyl (C=O) groups excluding carboxylic acids is 1. The van der Waals surface area contributed by atoms with E-state index >= 15 is 0 Å². The summed E-state index contributed by atoms with van der Waals surface area (Å²) in [5, 5.41) is 12.4. The molecule has 150 valence electrons. The number of imidazole rings is 1. The number of benzene rings is 3. The number of hydrogen-bond donors (Lipinski definition) is 4. The summed E-state index contributed by atoms with van der Waals surface area (Å²) in [5.41, 5.74) is 9.22. The molecule has 4 rings (SSSR count). The zero-order valence-electron chi connectivity index (χ0n) is 16.4. The highest BCUT2D eigenvalue weighted by molar-refractivity contribution is 6.06. The second kappa shape index (κ2) is 8.08. The number of nitrogens with two attached hydrogens (primary N) is 1. The molecule has 1 heterocycles. The third-order valence-electron chi connectivity index (χ3n) is 4.81. The van der Waals surface area contributed by atoms with Crippen molar-refractivity contribution in [3.8, 4) is 5.75 Å². The fourth-order valence-electron chi connectivity index (χ4n) is 3.30. The Balaban J connectivity index is 1.58. The number of nitrogens with one attached hydrogen (secondary N) is 3. The van der Waals surface area contributed by atoms with Gasteiger partial charge in [0.2, 0.25) is 0 Å². The van der Waals surface area contributed by atoms with E-state index in [1.807, 2.05) is 48.7 Å². The summed E-state index contributed by atoms with van der Waals surface area (Å²) in [6.45, 7) is 0. The Morgan fingerprint density at radius 2 is 1.90 bits per heavy atom. The molecular formula is C23H21N5O2. The Labute approximate surface area is 173 Å². The largest absolute Gasteiger partial charge is 0.497 e. The van der Waals surface area contributed by atoms with Gasteiger partial charge >= 0.3 is 0 Å². The van der Waals surface area contributed by atoms with Crippen molar-refractivity contribution in [2.75, 3.05) is 12.4 Å². The van der Waals surface area contributed by atoms with E-state index in [2.05, 4.69) is 15.3 Å². The molecule has 0 radical (unpaired) electrons. The topological polar surface area (TPSA) is 117 Å². The highest BCUT2D eigenvalue weighted by atomic mass is 16.5. The van der Waals surface area contributed by atoms with Crippen LogP contribution in [0.1, 0.15) is 27.2 Å². The standard InChI is InChI=1S/C23H21N5O2/c1-30-21-8-14(7-20-12-26-13-27-20)6-18(11-21)23(29)28-19-5-4-15-9-17(22(24)25)3-2-16(15)10-19/h2-6,8-13H,7H2,1H3,(H3,24,25)(H,26,27)(H,28,29). The van der Waals surface area contributed by atoms with Crippen molar-refractivity contribution >= 4 is 28.2 Å². The van der Waals surface area contributed by atoms with Crippen LogP contribution >= 0.6 is 0 Å². The first-order valence-corrected chi connectivity index (χ1v) is 9.37. The van der Waals surface area contributed by atoms with Crippen LogP contribution in [0.4, 0.5) is 5.69 Å². The number of aromatic nitrogens is 2. The Hall–Kier alpha value is -4.13. The monoisotopic (exact) mass is 399 g/mol. The van der Waals surface area contributed by atoms with Crippen molar-refractivity contribution in [2.24, 2.45) is 5.73 Å². The number of methoxy groups -OCH3 is 1. The first-order valence-electron chi connectivity index (χ1n) is 9.37. The van der Waals surface area contributed by atoms with Crippen LogP contribution in [-0.2, 0) is 6.42 Å². The summed E-state index contributed by atoms with van der Waals surface area (Å²) in [6.07, 6.45) is 4.05. The maximum Gasteiger partial charge on any atom is 0.255 e. The summed E-state index contributed by atoms with van der Waals surface area (Å²) in [4.78, 5) is 20.1. The molecule has 7 heteroatoms. The van der Waals surface area contributed by atoms with Crippen LogP contribution < -0.4 is 15.8 Å². The number of nitrogens with zero attached hydrogens (tertiary/aromatic N) is 1. The minimum absolute atomic E-state index is 0.0259. The average Bonchev–Trinajstić information content (AvgIpc) is 3.26. The summed E-state index contributed by atoms with van der Waals surface area (Å²) in [5.74, 6) is 0.415. The molecule has 0 saturated carbocycles. The number of aromatic amines is 1. The number of carbonyl (C=O) groups is 1. The molecule has 0 bridgehead atoms. The molecule has 4 aromatic rings. The number of amides is 1. The molecule has 1 aromatic heterocycles. The van der Waals surface area contributed by atoms with E-state index in [0.29, 0.717) is 29.0 Å². The number of fused-ring (bicyclic) bond motifs is 1. The minimum atomic E-state index is -0.225. The Morgan fingerprint density at radius 3 is 2.63 bits per heavy atom. The highest BCUT2D eigenvalue weighted by Crippen LogP contribution is 2.23. The van der Waals surface area contributed by atoms with E-state index in [1.165, 1.54) is 0 Å². The molecule has 7 nitrogen and oxygen atoms in total. The molecule has 5 N–H and O–H groups in total. The lowest BCUT2D eigenvalue weighted by Crippen LogP contribution is -2.13. The van der Waals surface area contributed by atoms with Crippen LogP contribution in [0.15, 0.2) is 67.1 Å². The van der Waals surface area contributed by atoms with E-state index in [-0.39, 0.29) is 11.7 Å². The first-order chi connectivity index (χ1) is 14.5. The van der Waals surface area contributed by atoms with Gasteiger partial charge in [-0.3, -0.25) is 10.2 Å². The summed E-state index contributed by atoms with van der Waals surface area (Å²) in [7, 11) is 1.58. The molecule has 3 aromatic carbocycles. The molecule has 0 atom stereocenters.